The number of phosphoric ester groups is 1. The van der Waals surface area contributed by atoms with E-state index in [0.29, 0.717) is 52.9 Å². The number of esters is 1. The Balaban J connectivity index is 1.16. The molecule has 16 heteroatoms. The summed E-state index contributed by atoms with van der Waals surface area (Å²) in [6.07, 6.45) is 4.14. The molecule has 0 spiro atoms. The molecule has 1 N–H and O–H groups in total. The van der Waals surface area contributed by atoms with Gasteiger partial charge in [0.1, 0.15) is 30.1 Å². The second-order valence-electron chi connectivity index (χ2n) is 20.0. The van der Waals surface area contributed by atoms with E-state index in [0.717, 1.165) is 22.4 Å². The number of nitrogens with one attached hydrogen (secondary N) is 1. The van der Waals surface area contributed by atoms with E-state index in [2.05, 4.69) is 49.1 Å². The summed E-state index contributed by atoms with van der Waals surface area (Å²) in [5, 5.41) is 4.16. The molecule has 4 aromatic rings. The highest BCUT2D eigenvalue weighted by molar-refractivity contribution is 7.49. The quantitative estimate of drug-likeness (QED) is 0.0524. The Bertz CT molecular complexity index is 2300. The minimum atomic E-state index is -4.00. The summed E-state index contributed by atoms with van der Waals surface area (Å²) < 4.78 is 50.2. The van der Waals surface area contributed by atoms with Gasteiger partial charge in [-0.25, -0.2) is 14.5 Å². The second kappa shape index (κ2) is 19.2. The smallest absolute Gasteiger partial charge is 0.462 e. The zero-order chi connectivity index (χ0) is 46.1. The van der Waals surface area contributed by atoms with E-state index in [9.17, 15) is 14.2 Å². The van der Waals surface area contributed by atoms with Crippen molar-refractivity contribution in [1.82, 2.24) is 9.97 Å². The molecule has 0 bridgehead atoms. The number of rotatable bonds is 15. The van der Waals surface area contributed by atoms with Gasteiger partial charge in [-0.2, -0.15) is 0 Å². The molecule has 0 amide bonds. The molecule has 0 saturated heterocycles. The minimum absolute atomic E-state index is 0.00738. The van der Waals surface area contributed by atoms with E-state index in [1.807, 2.05) is 31.2 Å². The van der Waals surface area contributed by atoms with E-state index in [-0.39, 0.29) is 41.1 Å². The average molecular weight is 941 g/mol. The predicted molar refractivity (Wildman–Crippen MR) is 251 cm³/mol. The molecule has 342 valence electrons. The number of ketones is 1. The molecule has 0 radical (unpaired) electrons. The van der Waals surface area contributed by atoms with Crippen LogP contribution in [0.3, 0.4) is 0 Å². The molecule has 1 saturated carbocycles. The number of phosphoric acid groups is 1. The van der Waals surface area contributed by atoms with Crippen LogP contribution in [0.2, 0.25) is 23.2 Å². The fourth-order valence-electron chi connectivity index (χ4n) is 7.43. The molecule has 1 aliphatic heterocycles. The summed E-state index contributed by atoms with van der Waals surface area (Å²) in [7, 11) is -6.14. The van der Waals surface area contributed by atoms with Gasteiger partial charge in [0, 0.05) is 41.1 Å². The monoisotopic (exact) mass is 939 g/mol. The summed E-state index contributed by atoms with van der Waals surface area (Å²) in [4.78, 5) is 38.2. The van der Waals surface area contributed by atoms with E-state index >= 15 is 0 Å². The molecule has 1 aliphatic carbocycles. The summed E-state index contributed by atoms with van der Waals surface area (Å²) in [6, 6.07) is 14.4. The van der Waals surface area contributed by atoms with Crippen molar-refractivity contribution in [1.29, 1.82) is 0 Å². The predicted octanol–water partition coefficient (Wildman–Crippen LogP) is 11.9. The Morgan fingerprint density at radius 1 is 0.952 bits per heavy atom. The number of aryl methyl sites for hydroxylation is 1. The van der Waals surface area contributed by atoms with Crippen LogP contribution in [0.5, 0.6) is 5.75 Å². The van der Waals surface area contributed by atoms with Gasteiger partial charge >= 0.3 is 13.8 Å². The van der Waals surface area contributed by atoms with Gasteiger partial charge in [0.05, 0.1) is 34.7 Å². The van der Waals surface area contributed by atoms with Crippen LogP contribution in [0.1, 0.15) is 124 Å². The third-order valence-electron chi connectivity index (χ3n) is 11.4. The standard InChI is InChI=1S/C47H63ClN3O9PSSi/c1-29-36(43-37-23-33(48)16-15-31(37)19-20-55-43)25-40(62-29)42(53)38-26-49-28-50-44(38)51-34-22-32(27-56-63(11,12)47(8,9)10)39(24-34)57-41(52)21-30-13-17-35(18-14-30)58-61(54,59-45(2,3)4)60-46(5,6)7/h13-18,23,25-26,28,32,34,39,43H,19-22,24,27H2,1-12H3,(H,49,50,51)/t32-,34+,39+,43+/m1/s1. The van der Waals surface area contributed by atoms with Crippen LogP contribution in [-0.2, 0) is 45.1 Å². The van der Waals surface area contributed by atoms with Crippen LogP contribution in [0.25, 0.3) is 0 Å². The fraction of sp³-hybridized carbons (Fsp3) is 0.532. The van der Waals surface area contributed by atoms with Crippen LogP contribution in [0.4, 0.5) is 5.82 Å². The Morgan fingerprint density at radius 3 is 2.29 bits per heavy atom. The largest absolute Gasteiger partial charge is 0.531 e. The maximum absolute atomic E-state index is 14.3. The Morgan fingerprint density at radius 2 is 1.63 bits per heavy atom. The number of nitrogens with zero attached hydrogens (tertiary/aromatic N) is 2. The van der Waals surface area contributed by atoms with Crippen molar-refractivity contribution < 1.29 is 41.6 Å². The lowest BCUT2D eigenvalue weighted by molar-refractivity contribution is -0.150. The number of ether oxygens (including phenoxy) is 2. The molecule has 4 atom stereocenters. The minimum Gasteiger partial charge on any atom is -0.462 e. The molecule has 3 heterocycles. The number of carbonyl (C=O) groups excluding carboxylic acids is 2. The third kappa shape index (κ3) is 12.9. The number of benzene rings is 2. The Hall–Kier alpha value is -3.46. The van der Waals surface area contributed by atoms with Crippen LogP contribution in [0.15, 0.2) is 61.1 Å². The number of halogens is 1. The lowest BCUT2D eigenvalue weighted by Crippen LogP contribution is -2.42. The zero-order valence-corrected chi connectivity index (χ0v) is 42.1. The lowest BCUT2D eigenvalue weighted by Gasteiger charge is -2.37. The first kappa shape index (κ1) is 49.0. The molecule has 6 rings (SSSR count). The first-order valence-electron chi connectivity index (χ1n) is 21.5. The van der Waals surface area contributed by atoms with Crippen molar-refractivity contribution in [2.24, 2.45) is 5.92 Å². The van der Waals surface area contributed by atoms with Crippen LogP contribution in [0, 0.1) is 12.8 Å². The number of carbonyl (C=O) groups is 2. The number of hydrogen-bond acceptors (Lipinski definition) is 13. The van der Waals surface area contributed by atoms with Gasteiger partial charge in [0.2, 0.25) is 5.78 Å². The number of hydrogen-bond donors (Lipinski definition) is 1. The maximum atomic E-state index is 14.3. The highest BCUT2D eigenvalue weighted by Gasteiger charge is 2.43. The second-order valence-corrected chi connectivity index (χ2v) is 28.0. The van der Waals surface area contributed by atoms with Gasteiger partial charge in [0.15, 0.2) is 8.32 Å². The maximum Gasteiger partial charge on any atom is 0.531 e. The van der Waals surface area contributed by atoms with E-state index in [1.165, 1.54) is 23.2 Å². The summed E-state index contributed by atoms with van der Waals surface area (Å²) in [6.45, 7) is 24.7. The highest BCUT2D eigenvalue weighted by atomic mass is 35.5. The number of aromatic nitrogens is 2. The number of thiophene rings is 1. The molecule has 1 fully saturated rings. The first-order chi connectivity index (χ1) is 29.3. The van der Waals surface area contributed by atoms with Crippen molar-refractivity contribution in [3.8, 4) is 5.75 Å². The van der Waals surface area contributed by atoms with Crippen molar-refractivity contribution in [2.75, 3.05) is 18.5 Å². The SMILES string of the molecule is Cc1sc(C(=O)c2cncnc2N[C@H]2C[C@H](CO[Si](C)(C)C(C)(C)C)[C@@H](OC(=O)Cc3ccc(OP(=O)(OC(C)(C)C)OC(C)(C)C)cc3)C2)cc1[C@@H]1OCCc2ccc(Cl)cc21. The normalized spacial score (nSPS) is 19.7. The van der Waals surface area contributed by atoms with Gasteiger partial charge in [-0.1, -0.05) is 50.6 Å². The topological polar surface area (TPSA) is 144 Å². The first-order valence-corrected chi connectivity index (χ1v) is 27.1. The fourth-order valence-corrected chi connectivity index (χ4v) is 11.5. The Kier molecular flexibility index (Phi) is 14.9. The molecular formula is C47H63ClN3O9PSSi. The number of anilines is 1. The van der Waals surface area contributed by atoms with Crippen LogP contribution in [-0.4, -0.2) is 66.6 Å². The third-order valence-corrected chi connectivity index (χ3v) is 19.2. The van der Waals surface area contributed by atoms with Crippen molar-refractivity contribution in [3.63, 3.8) is 0 Å². The molecule has 0 unspecified atom stereocenters. The van der Waals surface area contributed by atoms with Gasteiger partial charge in [-0.3, -0.25) is 18.6 Å². The summed E-state index contributed by atoms with van der Waals surface area (Å²) >= 11 is 7.82. The van der Waals surface area contributed by atoms with E-state index < -0.39 is 39.4 Å². The van der Waals surface area contributed by atoms with Crippen LogP contribution < -0.4 is 9.84 Å². The number of fused-ring (bicyclic) bond motifs is 1. The van der Waals surface area contributed by atoms with Crippen molar-refractivity contribution in [2.45, 2.75) is 143 Å². The molecule has 2 aliphatic rings. The van der Waals surface area contributed by atoms with E-state index in [1.54, 1.807) is 72.0 Å². The summed E-state index contributed by atoms with van der Waals surface area (Å²) in [5.74, 6) is 0.0102. The van der Waals surface area contributed by atoms with Crippen LogP contribution >= 0.6 is 30.8 Å². The van der Waals surface area contributed by atoms with Gasteiger partial charge < -0.3 is 23.7 Å². The Labute approximate surface area is 382 Å². The summed E-state index contributed by atoms with van der Waals surface area (Å²) in [5.41, 5.74) is 2.62. The molecule has 12 nitrogen and oxygen atoms in total. The molecule has 63 heavy (non-hydrogen) atoms. The van der Waals surface area contributed by atoms with Gasteiger partial charge in [-0.15, -0.1) is 11.3 Å². The van der Waals surface area contributed by atoms with Crippen molar-refractivity contribution in [3.05, 3.63) is 104 Å². The van der Waals surface area contributed by atoms with Crippen molar-refractivity contribution >= 4 is 56.6 Å². The zero-order valence-electron chi connectivity index (χ0n) is 38.6. The molecular weight excluding hydrogens is 877 g/mol. The lowest BCUT2D eigenvalue weighted by atomic mass is 9.93. The average Bonchev–Trinajstić information content (AvgIpc) is 3.74. The van der Waals surface area contributed by atoms with E-state index in [4.69, 9.17) is 39.1 Å². The molecule has 2 aromatic carbocycles. The highest BCUT2D eigenvalue weighted by Crippen LogP contribution is 2.55. The molecule has 2 aromatic heterocycles. The van der Waals surface area contributed by atoms with Gasteiger partial charge in [-0.05, 0) is 132 Å². The van der Waals surface area contributed by atoms with Gasteiger partial charge in [0.25, 0.3) is 0 Å².